The van der Waals surface area contributed by atoms with Crippen molar-refractivity contribution < 1.29 is 13.9 Å². The zero-order chi connectivity index (χ0) is 18.0. The van der Waals surface area contributed by atoms with Gasteiger partial charge in [-0.2, -0.15) is 0 Å². The third kappa shape index (κ3) is 4.11. The van der Waals surface area contributed by atoms with Gasteiger partial charge in [0.05, 0.1) is 5.69 Å². The number of carbonyl (C=O) groups is 1. The highest BCUT2D eigenvalue weighted by atomic mass is 35.5. The van der Waals surface area contributed by atoms with Crippen molar-refractivity contribution in [2.75, 3.05) is 32.1 Å². The van der Waals surface area contributed by atoms with E-state index in [0.29, 0.717) is 21.8 Å². The van der Waals surface area contributed by atoms with Gasteiger partial charge in [-0.25, -0.2) is 9.18 Å². The van der Waals surface area contributed by atoms with Crippen LogP contribution in [0.1, 0.15) is 6.42 Å². The Bertz CT molecular complexity index is 764. The zero-order valence-electron chi connectivity index (χ0n) is 14.2. The van der Waals surface area contributed by atoms with Crippen LogP contribution in [0.3, 0.4) is 0 Å². The van der Waals surface area contributed by atoms with E-state index in [2.05, 4.69) is 4.90 Å². The lowest BCUT2D eigenvalue weighted by Gasteiger charge is -2.22. The summed E-state index contributed by atoms with van der Waals surface area (Å²) in [4.78, 5) is 16.1. The van der Waals surface area contributed by atoms with Gasteiger partial charge in [-0.1, -0.05) is 29.8 Å². The highest BCUT2D eigenvalue weighted by Crippen LogP contribution is 2.32. The minimum absolute atomic E-state index is 0.101. The molecule has 0 unspecified atom stereocenters. The van der Waals surface area contributed by atoms with E-state index < -0.39 is 11.9 Å². The van der Waals surface area contributed by atoms with Crippen molar-refractivity contribution in [3.63, 3.8) is 0 Å². The average Bonchev–Trinajstić information content (AvgIpc) is 2.98. The van der Waals surface area contributed by atoms with Gasteiger partial charge in [0, 0.05) is 30.7 Å². The number of carbonyl (C=O) groups excluding carboxylic acids is 1. The summed E-state index contributed by atoms with van der Waals surface area (Å²) in [7, 11) is 3.65. The number of hydrogen-bond acceptors (Lipinski definition) is 3. The van der Waals surface area contributed by atoms with Gasteiger partial charge in [-0.3, -0.25) is 4.90 Å². The van der Waals surface area contributed by atoms with Crippen molar-refractivity contribution in [1.82, 2.24) is 4.90 Å². The van der Waals surface area contributed by atoms with Gasteiger partial charge in [-0.15, -0.1) is 0 Å². The number of benzene rings is 2. The molecule has 1 atom stereocenters. The Hall–Kier alpha value is -2.11. The number of hydrogen-bond donors (Lipinski definition) is 0. The van der Waals surface area contributed by atoms with Crippen molar-refractivity contribution in [2.45, 2.75) is 12.5 Å². The minimum Gasteiger partial charge on any atom is -0.444 e. The van der Waals surface area contributed by atoms with Crippen LogP contribution in [0.25, 0.3) is 11.1 Å². The van der Waals surface area contributed by atoms with E-state index in [1.807, 2.05) is 25.2 Å². The lowest BCUT2D eigenvalue weighted by molar-refractivity contribution is 0.110. The molecular formula is C19H20ClFN2O2. The van der Waals surface area contributed by atoms with Crippen LogP contribution >= 0.6 is 11.6 Å². The topological polar surface area (TPSA) is 32.8 Å². The van der Waals surface area contributed by atoms with Crippen LogP contribution in [-0.4, -0.2) is 44.3 Å². The summed E-state index contributed by atoms with van der Waals surface area (Å²) in [5, 5.41) is 0.309. The number of para-hydroxylation sites is 1. The van der Waals surface area contributed by atoms with Crippen LogP contribution in [0, 0.1) is 5.82 Å². The second-order valence-electron chi connectivity index (χ2n) is 6.29. The molecule has 4 nitrogen and oxygen atoms in total. The molecule has 1 amide bonds. The van der Waals surface area contributed by atoms with Crippen molar-refractivity contribution in [2.24, 2.45) is 0 Å². The molecule has 0 spiro atoms. The van der Waals surface area contributed by atoms with E-state index in [9.17, 15) is 9.18 Å². The molecule has 1 heterocycles. The first-order chi connectivity index (χ1) is 11.9. The number of likely N-dealkylation sites (N-methyl/N-ethyl adjacent to an activating group) is 1. The second-order valence-corrected chi connectivity index (χ2v) is 6.73. The van der Waals surface area contributed by atoms with E-state index in [1.54, 1.807) is 19.2 Å². The van der Waals surface area contributed by atoms with E-state index in [0.717, 1.165) is 19.5 Å². The molecule has 0 radical (unpaired) electrons. The van der Waals surface area contributed by atoms with Crippen LogP contribution in [0.2, 0.25) is 5.02 Å². The largest absolute Gasteiger partial charge is 0.444 e. The molecule has 0 saturated carbocycles. The van der Waals surface area contributed by atoms with E-state index in [4.69, 9.17) is 16.3 Å². The molecule has 1 aliphatic heterocycles. The zero-order valence-corrected chi connectivity index (χ0v) is 15.0. The van der Waals surface area contributed by atoms with Gasteiger partial charge in [0.25, 0.3) is 0 Å². The molecule has 1 fully saturated rings. The van der Waals surface area contributed by atoms with Gasteiger partial charge in [-0.05, 0) is 43.3 Å². The summed E-state index contributed by atoms with van der Waals surface area (Å²) >= 11 is 5.97. The Labute approximate surface area is 151 Å². The maximum absolute atomic E-state index is 13.7. The van der Waals surface area contributed by atoms with Crippen molar-refractivity contribution in [1.29, 1.82) is 0 Å². The smallest absolute Gasteiger partial charge is 0.414 e. The quantitative estimate of drug-likeness (QED) is 0.810. The van der Waals surface area contributed by atoms with Crippen LogP contribution in [0.5, 0.6) is 0 Å². The Morgan fingerprint density at radius 1 is 1.32 bits per heavy atom. The molecule has 132 valence electrons. The molecule has 0 aliphatic carbocycles. The van der Waals surface area contributed by atoms with Gasteiger partial charge in [0.15, 0.2) is 0 Å². The molecule has 2 aromatic rings. The first-order valence-electron chi connectivity index (χ1n) is 8.12. The van der Waals surface area contributed by atoms with E-state index >= 15 is 0 Å². The third-order valence-corrected chi connectivity index (χ3v) is 4.55. The number of likely N-dealkylation sites (tertiary alicyclic amines) is 1. The number of amides is 1. The summed E-state index contributed by atoms with van der Waals surface area (Å²) in [6, 6.07) is 11.6. The normalized spacial score (nSPS) is 17.5. The molecule has 3 rings (SSSR count). The number of rotatable bonds is 3. The summed E-state index contributed by atoms with van der Waals surface area (Å²) in [5.74, 6) is -0.420. The standard InChI is InChI=1S/C19H20ClFN2O2/c1-22-8-7-16(12-22)25-19(24)23(2)18-6-4-3-5-17(18)13-9-14(20)11-15(21)10-13/h3-6,9-11,16H,7-8,12H2,1-2H3/t16-/m0/s1. The molecule has 1 saturated heterocycles. The first kappa shape index (κ1) is 17.7. The second kappa shape index (κ2) is 7.42. The first-order valence-corrected chi connectivity index (χ1v) is 8.50. The van der Waals surface area contributed by atoms with E-state index in [1.165, 1.54) is 17.0 Å². The number of halogens is 2. The molecule has 2 aromatic carbocycles. The van der Waals surface area contributed by atoms with Crippen molar-refractivity contribution >= 4 is 23.4 Å². The van der Waals surface area contributed by atoms with E-state index in [-0.39, 0.29) is 6.10 Å². The Balaban J connectivity index is 1.85. The number of ether oxygens (including phenoxy) is 1. The summed E-state index contributed by atoms with van der Waals surface area (Å²) < 4.78 is 19.3. The van der Waals surface area contributed by atoms with Crippen LogP contribution < -0.4 is 4.90 Å². The molecular weight excluding hydrogens is 343 g/mol. The summed E-state index contributed by atoms with van der Waals surface area (Å²) in [6.45, 7) is 1.65. The molecule has 25 heavy (non-hydrogen) atoms. The lowest BCUT2D eigenvalue weighted by atomic mass is 10.0. The van der Waals surface area contributed by atoms with Gasteiger partial charge in [0.2, 0.25) is 0 Å². The fraction of sp³-hybridized carbons (Fsp3) is 0.316. The van der Waals surface area contributed by atoms with Crippen LogP contribution in [-0.2, 0) is 4.74 Å². The Morgan fingerprint density at radius 2 is 2.08 bits per heavy atom. The fourth-order valence-electron chi connectivity index (χ4n) is 3.03. The predicted molar refractivity (Wildman–Crippen MR) is 97.6 cm³/mol. The highest BCUT2D eigenvalue weighted by Gasteiger charge is 2.25. The summed E-state index contributed by atoms with van der Waals surface area (Å²) in [6.07, 6.45) is 0.308. The molecule has 0 bridgehead atoms. The minimum atomic E-state index is -0.421. The highest BCUT2D eigenvalue weighted by molar-refractivity contribution is 6.30. The lowest BCUT2D eigenvalue weighted by Crippen LogP contribution is -2.32. The third-order valence-electron chi connectivity index (χ3n) is 4.33. The molecule has 6 heteroatoms. The maximum Gasteiger partial charge on any atom is 0.414 e. The van der Waals surface area contributed by atoms with Gasteiger partial charge in [0.1, 0.15) is 11.9 Å². The number of anilines is 1. The van der Waals surface area contributed by atoms with Crippen molar-refractivity contribution in [3.05, 3.63) is 53.3 Å². The SMILES string of the molecule is CN1CC[C@H](OC(=O)N(C)c2ccccc2-c2cc(F)cc(Cl)c2)C1. The summed E-state index contributed by atoms with van der Waals surface area (Å²) in [5.41, 5.74) is 1.97. The van der Waals surface area contributed by atoms with Gasteiger partial charge >= 0.3 is 6.09 Å². The van der Waals surface area contributed by atoms with Crippen molar-refractivity contribution in [3.8, 4) is 11.1 Å². The monoisotopic (exact) mass is 362 g/mol. The molecule has 0 aromatic heterocycles. The molecule has 0 N–H and O–H groups in total. The van der Waals surface area contributed by atoms with Gasteiger partial charge < -0.3 is 9.64 Å². The van der Waals surface area contributed by atoms with Crippen LogP contribution in [0.4, 0.5) is 14.9 Å². The van der Waals surface area contributed by atoms with Crippen LogP contribution in [0.15, 0.2) is 42.5 Å². The Morgan fingerprint density at radius 3 is 2.76 bits per heavy atom. The Kier molecular flexibility index (Phi) is 5.25. The number of nitrogens with zero attached hydrogens (tertiary/aromatic N) is 2. The predicted octanol–water partition coefficient (Wildman–Crippen LogP) is 4.42. The molecule has 1 aliphatic rings. The fourth-order valence-corrected chi connectivity index (χ4v) is 3.25. The maximum atomic E-state index is 13.7. The average molecular weight is 363 g/mol.